The van der Waals surface area contributed by atoms with E-state index in [1.807, 2.05) is 25.1 Å². The van der Waals surface area contributed by atoms with Crippen LogP contribution in [-0.2, 0) is 11.0 Å². The van der Waals surface area contributed by atoms with E-state index in [-0.39, 0.29) is 24.1 Å². The molecule has 2 aromatic carbocycles. The number of benzene rings is 2. The predicted octanol–water partition coefficient (Wildman–Crippen LogP) is 3.92. The summed E-state index contributed by atoms with van der Waals surface area (Å²) in [5, 5.41) is 2.53. The Labute approximate surface area is 144 Å². The molecule has 25 heavy (non-hydrogen) atoms. The molecular weight excluding hydrogens is 331 g/mol. The summed E-state index contributed by atoms with van der Waals surface area (Å²) >= 11 is 0. The molecule has 0 spiro atoms. The van der Waals surface area contributed by atoms with Crippen molar-refractivity contribution in [3.63, 3.8) is 0 Å². The lowest BCUT2D eigenvalue weighted by atomic mass is 10.0. The van der Waals surface area contributed by atoms with Gasteiger partial charge in [0.2, 0.25) is 5.91 Å². The summed E-state index contributed by atoms with van der Waals surface area (Å²) in [6.45, 7) is 0. The second-order valence-electron chi connectivity index (χ2n) is 5.98. The van der Waals surface area contributed by atoms with E-state index in [2.05, 4.69) is 5.32 Å². The maximum atomic E-state index is 12.7. The molecule has 2 rings (SSSR count). The largest absolute Gasteiger partial charge is 0.416 e. The SMILES string of the molecule is CN(C)C(CC(=O)Nc1cccc(C(F)(F)F)c1)c1cccc(N)c1. The van der Waals surface area contributed by atoms with Crippen molar-refractivity contribution >= 4 is 17.3 Å². The molecule has 0 heterocycles. The Kier molecular flexibility index (Phi) is 5.69. The molecule has 0 bridgehead atoms. The fourth-order valence-corrected chi connectivity index (χ4v) is 2.53. The van der Waals surface area contributed by atoms with E-state index in [0.29, 0.717) is 5.69 Å². The Hall–Kier alpha value is -2.54. The van der Waals surface area contributed by atoms with Gasteiger partial charge in [-0.3, -0.25) is 4.79 Å². The fraction of sp³-hybridized carbons (Fsp3) is 0.278. The van der Waals surface area contributed by atoms with Gasteiger partial charge in [0.05, 0.1) is 5.56 Å². The highest BCUT2D eigenvalue weighted by molar-refractivity contribution is 5.91. The average molecular weight is 351 g/mol. The minimum atomic E-state index is -4.45. The summed E-state index contributed by atoms with van der Waals surface area (Å²) in [4.78, 5) is 14.2. The summed E-state index contributed by atoms with van der Waals surface area (Å²) in [5.74, 6) is -0.375. The number of nitrogens with two attached hydrogens (primary N) is 1. The number of carbonyl (C=O) groups is 1. The van der Waals surface area contributed by atoms with Crippen LogP contribution in [0.25, 0.3) is 0 Å². The molecule has 134 valence electrons. The second-order valence-corrected chi connectivity index (χ2v) is 5.98. The van der Waals surface area contributed by atoms with Crippen LogP contribution in [0.4, 0.5) is 24.5 Å². The van der Waals surface area contributed by atoms with Crippen LogP contribution in [0.1, 0.15) is 23.6 Å². The third-order valence-corrected chi connectivity index (χ3v) is 3.77. The quantitative estimate of drug-likeness (QED) is 0.803. The number of nitrogens with zero attached hydrogens (tertiary/aromatic N) is 1. The first-order chi connectivity index (χ1) is 11.7. The van der Waals surface area contributed by atoms with Crippen LogP contribution in [0, 0.1) is 0 Å². The van der Waals surface area contributed by atoms with Gasteiger partial charge >= 0.3 is 6.18 Å². The molecule has 0 radical (unpaired) electrons. The summed E-state index contributed by atoms with van der Waals surface area (Å²) in [6.07, 6.45) is -4.36. The molecule has 0 aliphatic carbocycles. The van der Waals surface area contributed by atoms with E-state index in [0.717, 1.165) is 17.7 Å². The zero-order chi connectivity index (χ0) is 18.6. The van der Waals surface area contributed by atoms with Gasteiger partial charge < -0.3 is 16.0 Å². The van der Waals surface area contributed by atoms with Crippen LogP contribution < -0.4 is 11.1 Å². The first-order valence-electron chi connectivity index (χ1n) is 7.66. The van der Waals surface area contributed by atoms with Crippen molar-refractivity contribution in [3.05, 3.63) is 59.7 Å². The Morgan fingerprint density at radius 2 is 1.84 bits per heavy atom. The second kappa shape index (κ2) is 7.57. The third-order valence-electron chi connectivity index (χ3n) is 3.77. The van der Waals surface area contributed by atoms with Gasteiger partial charge in [0.15, 0.2) is 0 Å². The van der Waals surface area contributed by atoms with Gasteiger partial charge in [0.1, 0.15) is 0 Å². The van der Waals surface area contributed by atoms with Crippen molar-refractivity contribution in [2.24, 2.45) is 0 Å². The standard InChI is InChI=1S/C18H20F3N3O/c1-24(2)16(12-5-3-7-14(22)9-12)11-17(25)23-15-8-4-6-13(10-15)18(19,20)21/h3-10,16H,11,22H2,1-2H3,(H,23,25). The average Bonchev–Trinajstić information content (AvgIpc) is 2.51. The first kappa shape index (κ1) is 18.8. The monoisotopic (exact) mass is 351 g/mol. The van der Waals surface area contributed by atoms with Crippen molar-refractivity contribution in [1.82, 2.24) is 4.90 Å². The van der Waals surface area contributed by atoms with Crippen molar-refractivity contribution in [1.29, 1.82) is 0 Å². The zero-order valence-electron chi connectivity index (χ0n) is 14.0. The number of anilines is 2. The van der Waals surface area contributed by atoms with Crippen LogP contribution in [0.5, 0.6) is 0 Å². The van der Waals surface area contributed by atoms with E-state index in [1.165, 1.54) is 12.1 Å². The molecule has 4 nitrogen and oxygen atoms in total. The van der Waals surface area contributed by atoms with Crippen molar-refractivity contribution < 1.29 is 18.0 Å². The topological polar surface area (TPSA) is 58.4 Å². The molecule has 0 saturated carbocycles. The van der Waals surface area contributed by atoms with E-state index >= 15 is 0 Å². The molecule has 1 unspecified atom stereocenters. The van der Waals surface area contributed by atoms with Crippen LogP contribution >= 0.6 is 0 Å². The number of alkyl halides is 3. The molecule has 3 N–H and O–H groups in total. The number of rotatable bonds is 5. The van der Waals surface area contributed by atoms with E-state index in [9.17, 15) is 18.0 Å². The first-order valence-corrected chi connectivity index (χ1v) is 7.66. The van der Waals surface area contributed by atoms with Gasteiger partial charge in [-0.1, -0.05) is 18.2 Å². The fourth-order valence-electron chi connectivity index (χ4n) is 2.53. The van der Waals surface area contributed by atoms with Gasteiger partial charge in [-0.15, -0.1) is 0 Å². The van der Waals surface area contributed by atoms with Gasteiger partial charge in [-0.05, 0) is 50.0 Å². The van der Waals surface area contributed by atoms with Crippen LogP contribution in [-0.4, -0.2) is 24.9 Å². The predicted molar refractivity (Wildman–Crippen MR) is 92.0 cm³/mol. The smallest absolute Gasteiger partial charge is 0.399 e. The normalized spacial score (nSPS) is 12.9. The lowest BCUT2D eigenvalue weighted by Gasteiger charge is -2.24. The Morgan fingerprint density at radius 3 is 2.44 bits per heavy atom. The molecule has 0 aromatic heterocycles. The maximum absolute atomic E-state index is 12.7. The Bertz CT molecular complexity index is 744. The molecular formula is C18H20F3N3O. The number of nitrogen functional groups attached to an aromatic ring is 1. The lowest BCUT2D eigenvalue weighted by Crippen LogP contribution is -2.25. The van der Waals surface area contributed by atoms with Crippen molar-refractivity contribution in [2.45, 2.75) is 18.6 Å². The van der Waals surface area contributed by atoms with Crippen molar-refractivity contribution in [2.75, 3.05) is 25.1 Å². The van der Waals surface area contributed by atoms with Gasteiger partial charge in [-0.25, -0.2) is 0 Å². The van der Waals surface area contributed by atoms with E-state index < -0.39 is 11.7 Å². The summed E-state index contributed by atoms with van der Waals surface area (Å²) in [5.41, 5.74) is 6.55. The summed E-state index contributed by atoms with van der Waals surface area (Å²) < 4.78 is 38.2. The highest BCUT2D eigenvalue weighted by atomic mass is 19.4. The highest BCUT2D eigenvalue weighted by Crippen LogP contribution is 2.31. The minimum absolute atomic E-state index is 0.0900. The summed E-state index contributed by atoms with van der Waals surface area (Å²) in [6, 6.07) is 11.5. The number of amides is 1. The zero-order valence-corrected chi connectivity index (χ0v) is 14.0. The Morgan fingerprint density at radius 1 is 1.16 bits per heavy atom. The van der Waals surface area contributed by atoms with Crippen molar-refractivity contribution in [3.8, 4) is 0 Å². The molecule has 0 saturated heterocycles. The number of halogens is 3. The number of hydrogen-bond acceptors (Lipinski definition) is 3. The Balaban J connectivity index is 2.12. The number of hydrogen-bond donors (Lipinski definition) is 2. The minimum Gasteiger partial charge on any atom is -0.399 e. The number of nitrogens with one attached hydrogen (secondary N) is 1. The molecule has 0 fully saturated rings. The molecule has 0 aliphatic rings. The molecule has 1 atom stereocenters. The van der Waals surface area contributed by atoms with Crippen LogP contribution in [0.15, 0.2) is 48.5 Å². The number of carbonyl (C=O) groups excluding carboxylic acids is 1. The van der Waals surface area contributed by atoms with Crippen LogP contribution in [0.3, 0.4) is 0 Å². The summed E-state index contributed by atoms with van der Waals surface area (Å²) in [7, 11) is 3.65. The molecule has 2 aromatic rings. The molecule has 1 amide bonds. The van der Waals surface area contributed by atoms with E-state index in [4.69, 9.17) is 5.73 Å². The van der Waals surface area contributed by atoms with Crippen LogP contribution in [0.2, 0.25) is 0 Å². The van der Waals surface area contributed by atoms with Gasteiger partial charge in [0, 0.05) is 23.8 Å². The molecule has 7 heteroatoms. The van der Waals surface area contributed by atoms with E-state index in [1.54, 1.807) is 18.2 Å². The highest BCUT2D eigenvalue weighted by Gasteiger charge is 2.30. The van der Waals surface area contributed by atoms with Gasteiger partial charge in [-0.2, -0.15) is 13.2 Å². The van der Waals surface area contributed by atoms with Gasteiger partial charge in [0.25, 0.3) is 0 Å². The molecule has 0 aliphatic heterocycles. The maximum Gasteiger partial charge on any atom is 0.416 e. The lowest BCUT2D eigenvalue weighted by molar-refractivity contribution is -0.137. The third kappa shape index (κ3) is 5.22.